The van der Waals surface area contributed by atoms with E-state index in [1.807, 2.05) is 6.07 Å². The van der Waals surface area contributed by atoms with Crippen molar-refractivity contribution >= 4 is 32.8 Å². The van der Waals surface area contributed by atoms with Gasteiger partial charge in [0.05, 0.1) is 34.3 Å². The lowest BCUT2D eigenvalue weighted by Crippen LogP contribution is -2.03. The van der Waals surface area contributed by atoms with Crippen molar-refractivity contribution in [2.24, 2.45) is 0 Å². The first-order valence-corrected chi connectivity index (χ1v) is 5.56. The Labute approximate surface area is 101 Å². The van der Waals surface area contributed by atoms with Gasteiger partial charge < -0.3 is 9.97 Å². The van der Waals surface area contributed by atoms with E-state index in [0.29, 0.717) is 10.9 Å². The van der Waals surface area contributed by atoms with Gasteiger partial charge in [-0.3, -0.25) is 14.8 Å². The molecule has 0 spiro atoms. The molecule has 0 aromatic carbocycles. The van der Waals surface area contributed by atoms with Crippen LogP contribution in [-0.2, 0) is 0 Å². The number of fused-ring (bicyclic) bond motifs is 4. The highest BCUT2D eigenvalue weighted by molar-refractivity contribution is 6.07. The van der Waals surface area contributed by atoms with Gasteiger partial charge in [0.25, 0.3) is 0 Å². The molecule has 4 heterocycles. The second-order valence-corrected chi connectivity index (χ2v) is 4.17. The molecule has 4 aromatic heterocycles. The molecule has 0 saturated carbocycles. The fourth-order valence-electron chi connectivity index (χ4n) is 2.31. The summed E-state index contributed by atoms with van der Waals surface area (Å²) in [4.78, 5) is 26.8. The summed E-state index contributed by atoms with van der Waals surface area (Å²) < 4.78 is 0. The minimum atomic E-state index is -0.0163. The van der Waals surface area contributed by atoms with Crippen LogP contribution in [0.15, 0.2) is 41.7 Å². The molecule has 0 unspecified atom stereocenters. The molecule has 0 fully saturated rings. The molecule has 4 aromatic rings. The number of rotatable bonds is 0. The van der Waals surface area contributed by atoms with Crippen LogP contribution in [0.3, 0.4) is 0 Å². The Bertz CT molecular complexity index is 951. The van der Waals surface area contributed by atoms with E-state index in [9.17, 15) is 4.79 Å². The Morgan fingerprint density at radius 1 is 0.833 bits per heavy atom. The molecule has 0 aliphatic carbocycles. The number of H-pyrrole nitrogens is 2. The molecular formula is C13H8N4O. The lowest BCUT2D eigenvalue weighted by Gasteiger charge is -1.97. The lowest BCUT2D eigenvalue weighted by atomic mass is 10.2. The zero-order valence-electron chi connectivity index (χ0n) is 9.27. The quantitative estimate of drug-likeness (QED) is 0.490. The summed E-state index contributed by atoms with van der Waals surface area (Å²) in [5.41, 5.74) is 2.96. The highest BCUT2D eigenvalue weighted by atomic mass is 16.1. The van der Waals surface area contributed by atoms with E-state index in [2.05, 4.69) is 19.9 Å². The number of hydrogen-bond acceptors (Lipinski definition) is 3. The Morgan fingerprint density at radius 2 is 1.44 bits per heavy atom. The van der Waals surface area contributed by atoms with Crippen LogP contribution in [-0.4, -0.2) is 19.9 Å². The SMILES string of the molecule is O=c1c2ccncc2[nH]c2c1[nH]c1cnccc12. The largest absolute Gasteiger partial charge is 0.351 e. The lowest BCUT2D eigenvalue weighted by molar-refractivity contribution is 1.33. The molecule has 0 amide bonds. The Balaban J connectivity index is 2.38. The minimum absolute atomic E-state index is 0.0163. The average molecular weight is 236 g/mol. The molecule has 0 radical (unpaired) electrons. The molecule has 2 N–H and O–H groups in total. The molecule has 0 aliphatic heterocycles. The van der Waals surface area contributed by atoms with Crippen molar-refractivity contribution in [2.75, 3.05) is 0 Å². The molecule has 86 valence electrons. The normalized spacial score (nSPS) is 11.6. The van der Waals surface area contributed by atoms with Gasteiger partial charge in [-0.2, -0.15) is 0 Å². The van der Waals surface area contributed by atoms with E-state index in [1.165, 1.54) is 0 Å². The Kier molecular flexibility index (Phi) is 1.64. The molecule has 0 atom stereocenters. The maximum absolute atomic E-state index is 12.4. The van der Waals surface area contributed by atoms with E-state index in [0.717, 1.165) is 21.9 Å². The molecule has 18 heavy (non-hydrogen) atoms. The number of hydrogen-bond donors (Lipinski definition) is 2. The first kappa shape index (κ1) is 9.35. The summed E-state index contributed by atoms with van der Waals surface area (Å²) >= 11 is 0. The van der Waals surface area contributed by atoms with Crippen LogP contribution in [0, 0.1) is 0 Å². The van der Waals surface area contributed by atoms with Gasteiger partial charge in [0, 0.05) is 17.8 Å². The van der Waals surface area contributed by atoms with Crippen molar-refractivity contribution in [2.45, 2.75) is 0 Å². The van der Waals surface area contributed by atoms with Crippen LogP contribution in [0.1, 0.15) is 0 Å². The maximum Gasteiger partial charge on any atom is 0.213 e. The van der Waals surface area contributed by atoms with Crippen LogP contribution in [0.2, 0.25) is 0 Å². The number of pyridine rings is 3. The van der Waals surface area contributed by atoms with Crippen LogP contribution in [0.25, 0.3) is 32.8 Å². The minimum Gasteiger partial charge on any atom is -0.351 e. The van der Waals surface area contributed by atoms with E-state index < -0.39 is 0 Å². The summed E-state index contributed by atoms with van der Waals surface area (Å²) in [5.74, 6) is 0. The fraction of sp³-hybridized carbons (Fsp3) is 0. The third-order valence-corrected chi connectivity index (χ3v) is 3.15. The number of aromatic nitrogens is 4. The fourth-order valence-corrected chi connectivity index (χ4v) is 2.31. The summed E-state index contributed by atoms with van der Waals surface area (Å²) in [6.07, 6.45) is 6.71. The smallest absolute Gasteiger partial charge is 0.213 e. The van der Waals surface area contributed by atoms with Gasteiger partial charge in [0.2, 0.25) is 5.43 Å². The van der Waals surface area contributed by atoms with Crippen LogP contribution in [0.5, 0.6) is 0 Å². The number of nitrogens with zero attached hydrogens (tertiary/aromatic N) is 2. The first-order chi connectivity index (χ1) is 8.84. The number of aromatic amines is 2. The van der Waals surface area contributed by atoms with Crippen LogP contribution < -0.4 is 5.43 Å². The van der Waals surface area contributed by atoms with Gasteiger partial charge in [0.1, 0.15) is 5.52 Å². The zero-order chi connectivity index (χ0) is 12.1. The molecule has 0 aliphatic rings. The van der Waals surface area contributed by atoms with Gasteiger partial charge in [-0.05, 0) is 12.1 Å². The van der Waals surface area contributed by atoms with Gasteiger partial charge in [-0.1, -0.05) is 0 Å². The van der Waals surface area contributed by atoms with Gasteiger partial charge >= 0.3 is 0 Å². The second-order valence-electron chi connectivity index (χ2n) is 4.17. The van der Waals surface area contributed by atoms with Crippen molar-refractivity contribution in [3.63, 3.8) is 0 Å². The van der Waals surface area contributed by atoms with E-state index in [4.69, 9.17) is 0 Å². The molecular weight excluding hydrogens is 228 g/mol. The molecule has 5 heteroatoms. The summed E-state index contributed by atoms with van der Waals surface area (Å²) in [6, 6.07) is 3.60. The monoisotopic (exact) mass is 236 g/mol. The summed E-state index contributed by atoms with van der Waals surface area (Å²) in [7, 11) is 0. The Morgan fingerprint density at radius 3 is 2.22 bits per heavy atom. The van der Waals surface area contributed by atoms with Crippen molar-refractivity contribution in [1.29, 1.82) is 0 Å². The standard InChI is InChI=1S/C13H8N4O/c18-13-8-2-4-15-6-10(8)16-11-7-1-3-14-5-9(7)17-12(11)13/h1-6,17H,(H,16,18). The first-order valence-electron chi connectivity index (χ1n) is 5.56. The molecule has 0 bridgehead atoms. The third kappa shape index (κ3) is 1.08. The van der Waals surface area contributed by atoms with Crippen molar-refractivity contribution < 1.29 is 0 Å². The van der Waals surface area contributed by atoms with Gasteiger partial charge in [-0.25, -0.2) is 0 Å². The topological polar surface area (TPSA) is 74.4 Å². The summed E-state index contributed by atoms with van der Waals surface area (Å²) in [6.45, 7) is 0. The van der Waals surface area contributed by atoms with Crippen LogP contribution in [0.4, 0.5) is 0 Å². The van der Waals surface area contributed by atoms with Crippen molar-refractivity contribution in [3.8, 4) is 0 Å². The second kappa shape index (κ2) is 3.16. The zero-order valence-corrected chi connectivity index (χ0v) is 9.27. The van der Waals surface area contributed by atoms with E-state index in [1.54, 1.807) is 30.9 Å². The highest BCUT2D eigenvalue weighted by Gasteiger charge is 2.10. The van der Waals surface area contributed by atoms with Gasteiger partial charge in [0.15, 0.2) is 0 Å². The van der Waals surface area contributed by atoms with E-state index in [-0.39, 0.29) is 5.43 Å². The van der Waals surface area contributed by atoms with Crippen LogP contribution >= 0.6 is 0 Å². The maximum atomic E-state index is 12.4. The predicted octanol–water partition coefficient (Wildman–Crippen LogP) is 1.95. The molecule has 5 nitrogen and oxygen atoms in total. The van der Waals surface area contributed by atoms with Gasteiger partial charge in [-0.15, -0.1) is 0 Å². The summed E-state index contributed by atoms with van der Waals surface area (Å²) in [5, 5.41) is 1.60. The van der Waals surface area contributed by atoms with Crippen molar-refractivity contribution in [1.82, 2.24) is 19.9 Å². The van der Waals surface area contributed by atoms with E-state index >= 15 is 0 Å². The molecule has 0 saturated heterocycles. The van der Waals surface area contributed by atoms with Crippen molar-refractivity contribution in [3.05, 3.63) is 47.1 Å². The Hall–Kier alpha value is -2.69. The highest BCUT2D eigenvalue weighted by Crippen LogP contribution is 2.22. The average Bonchev–Trinajstić information content (AvgIpc) is 2.79. The third-order valence-electron chi connectivity index (χ3n) is 3.15. The number of nitrogens with one attached hydrogen (secondary N) is 2. The predicted molar refractivity (Wildman–Crippen MR) is 69.5 cm³/mol. The molecule has 4 rings (SSSR count).